The number of carbonyl (C=O) groups is 6. The molecule has 338 valence electrons. The first-order valence-electron chi connectivity index (χ1n) is 22.9. The van der Waals surface area contributed by atoms with E-state index in [2.05, 4.69) is 33.0 Å². The van der Waals surface area contributed by atoms with Crippen LogP contribution in [-0.2, 0) is 57.2 Å². The van der Waals surface area contributed by atoms with Crippen molar-refractivity contribution < 1.29 is 57.2 Å². The minimum absolute atomic E-state index is 0.0957. The summed E-state index contributed by atoms with van der Waals surface area (Å²) in [4.78, 5) is 74.4. The monoisotopic (exact) mass is 828 g/mol. The molecular weight excluding hydrogens is 746 g/mol. The molecule has 13 heteroatoms. The van der Waals surface area contributed by atoms with Crippen LogP contribution in [0.25, 0.3) is 0 Å². The Morgan fingerprint density at radius 3 is 0.845 bits per heavy atom. The van der Waals surface area contributed by atoms with Gasteiger partial charge in [-0.3, -0.25) is 28.8 Å². The summed E-state index contributed by atoms with van der Waals surface area (Å²) in [5.74, 6) is -2.47. The quantitative estimate of drug-likeness (QED) is 0.0352. The summed E-state index contributed by atoms with van der Waals surface area (Å²) in [6, 6.07) is 0. The molecule has 1 unspecified atom stereocenters. The molecule has 0 fully saturated rings. The SMILES string of the molecule is CCCCCCCC(=O)OCC(COC(=O)CCCCCC)OC(=O)CCCNCCCC(=O)OC(COC(=O)CCCCCCC)COC(=O)CCCCCCC. The van der Waals surface area contributed by atoms with Crippen LogP contribution in [0.1, 0.15) is 201 Å². The summed E-state index contributed by atoms with van der Waals surface area (Å²) >= 11 is 0. The normalized spacial score (nSPS) is 11.5. The Labute approximate surface area is 350 Å². The summed E-state index contributed by atoms with van der Waals surface area (Å²) in [6.07, 6.45) is 19.2. The number of unbranched alkanes of at least 4 members (excludes halogenated alkanes) is 15. The number of esters is 6. The third kappa shape index (κ3) is 37.1. The molecule has 0 saturated carbocycles. The van der Waals surface area contributed by atoms with Gasteiger partial charge in [-0.1, -0.05) is 124 Å². The van der Waals surface area contributed by atoms with Crippen molar-refractivity contribution in [3.63, 3.8) is 0 Å². The second kappa shape index (κ2) is 40.6. The number of nitrogens with one attached hydrogen (secondary N) is 1. The van der Waals surface area contributed by atoms with Crippen LogP contribution in [0.2, 0.25) is 0 Å². The van der Waals surface area contributed by atoms with E-state index in [0.29, 0.717) is 25.9 Å². The Kier molecular flexibility index (Phi) is 38.3. The third-order valence-corrected chi connectivity index (χ3v) is 9.47. The van der Waals surface area contributed by atoms with Gasteiger partial charge in [0.1, 0.15) is 26.4 Å². The van der Waals surface area contributed by atoms with E-state index in [1.807, 2.05) is 0 Å². The number of carbonyl (C=O) groups excluding carboxylic acids is 6. The van der Waals surface area contributed by atoms with Gasteiger partial charge in [0.05, 0.1) is 0 Å². The van der Waals surface area contributed by atoms with Gasteiger partial charge in [-0.2, -0.15) is 0 Å². The van der Waals surface area contributed by atoms with Crippen molar-refractivity contribution in [2.45, 2.75) is 213 Å². The Morgan fingerprint density at radius 1 is 0.328 bits per heavy atom. The second-order valence-electron chi connectivity index (χ2n) is 15.2. The van der Waals surface area contributed by atoms with Gasteiger partial charge in [-0.15, -0.1) is 0 Å². The zero-order chi connectivity index (χ0) is 42.9. The van der Waals surface area contributed by atoms with Gasteiger partial charge in [0.2, 0.25) is 0 Å². The highest BCUT2D eigenvalue weighted by Crippen LogP contribution is 2.11. The summed E-state index contributed by atoms with van der Waals surface area (Å²) in [5, 5.41) is 3.20. The van der Waals surface area contributed by atoms with E-state index in [4.69, 9.17) is 28.4 Å². The summed E-state index contributed by atoms with van der Waals surface area (Å²) in [5.41, 5.74) is 0. The van der Waals surface area contributed by atoms with Crippen molar-refractivity contribution in [3.8, 4) is 0 Å². The molecule has 0 rings (SSSR count). The van der Waals surface area contributed by atoms with Crippen LogP contribution < -0.4 is 5.32 Å². The molecule has 1 N–H and O–H groups in total. The summed E-state index contributed by atoms with van der Waals surface area (Å²) < 4.78 is 32.6. The molecule has 0 aliphatic rings. The molecule has 0 aliphatic carbocycles. The average molecular weight is 828 g/mol. The van der Waals surface area contributed by atoms with Gasteiger partial charge in [0.15, 0.2) is 12.2 Å². The molecule has 0 spiro atoms. The van der Waals surface area contributed by atoms with Crippen molar-refractivity contribution in [2.24, 2.45) is 0 Å². The van der Waals surface area contributed by atoms with E-state index < -0.39 is 24.1 Å². The lowest BCUT2D eigenvalue weighted by Gasteiger charge is -2.18. The maximum atomic E-state index is 12.7. The standard InChI is InChI=1S/C45H81NO12/c1-5-9-13-17-21-27-41(48)54-35-38(34-53-40(47)26-20-16-12-8-4)57-44(51)30-24-32-46-33-25-31-45(52)58-39(36-55-42(49)28-22-18-14-10-6-2)37-56-43(50)29-23-19-15-11-7-3/h38-39,46H,5-37H2,1-4H3. The zero-order valence-corrected chi connectivity index (χ0v) is 36.9. The molecule has 1 atom stereocenters. The van der Waals surface area contributed by atoms with Crippen LogP contribution >= 0.6 is 0 Å². The molecule has 0 heterocycles. The molecule has 0 aromatic carbocycles. The minimum atomic E-state index is -0.892. The molecule has 13 nitrogen and oxygen atoms in total. The number of hydrogen-bond donors (Lipinski definition) is 1. The van der Waals surface area contributed by atoms with E-state index in [0.717, 1.165) is 122 Å². The first-order valence-corrected chi connectivity index (χ1v) is 22.9. The van der Waals surface area contributed by atoms with Gasteiger partial charge in [0, 0.05) is 38.5 Å². The van der Waals surface area contributed by atoms with Crippen LogP contribution in [0.3, 0.4) is 0 Å². The number of rotatable bonds is 41. The van der Waals surface area contributed by atoms with Gasteiger partial charge in [-0.25, -0.2) is 0 Å². The molecule has 0 aromatic heterocycles. The maximum Gasteiger partial charge on any atom is 0.306 e. The van der Waals surface area contributed by atoms with Gasteiger partial charge in [-0.05, 0) is 51.6 Å². The van der Waals surface area contributed by atoms with Crippen molar-refractivity contribution >= 4 is 35.8 Å². The minimum Gasteiger partial charge on any atom is -0.462 e. The Hall–Kier alpha value is -3.22. The zero-order valence-electron chi connectivity index (χ0n) is 36.9. The Morgan fingerprint density at radius 2 is 0.569 bits per heavy atom. The summed E-state index contributed by atoms with van der Waals surface area (Å²) in [7, 11) is 0. The molecule has 0 saturated heterocycles. The lowest BCUT2D eigenvalue weighted by Crippen LogP contribution is -2.31. The fourth-order valence-corrected chi connectivity index (χ4v) is 5.91. The number of ether oxygens (including phenoxy) is 6. The van der Waals surface area contributed by atoms with Gasteiger partial charge >= 0.3 is 35.8 Å². The van der Waals surface area contributed by atoms with Crippen LogP contribution in [0, 0.1) is 0 Å². The van der Waals surface area contributed by atoms with E-state index in [9.17, 15) is 28.8 Å². The molecule has 0 bridgehead atoms. The largest absolute Gasteiger partial charge is 0.462 e. The topological polar surface area (TPSA) is 170 Å². The highest BCUT2D eigenvalue weighted by Gasteiger charge is 2.21. The van der Waals surface area contributed by atoms with Gasteiger partial charge in [0.25, 0.3) is 0 Å². The smallest absolute Gasteiger partial charge is 0.306 e. The third-order valence-electron chi connectivity index (χ3n) is 9.47. The fraction of sp³-hybridized carbons (Fsp3) is 0.867. The maximum absolute atomic E-state index is 12.7. The van der Waals surface area contributed by atoms with E-state index in [1.54, 1.807) is 0 Å². The van der Waals surface area contributed by atoms with Crippen LogP contribution in [-0.4, -0.2) is 87.5 Å². The van der Waals surface area contributed by atoms with E-state index in [-0.39, 0.29) is 88.8 Å². The van der Waals surface area contributed by atoms with Crippen LogP contribution in [0.5, 0.6) is 0 Å². The van der Waals surface area contributed by atoms with Crippen molar-refractivity contribution in [2.75, 3.05) is 39.5 Å². The predicted octanol–water partition coefficient (Wildman–Crippen LogP) is 9.18. The van der Waals surface area contributed by atoms with E-state index in [1.165, 1.54) is 0 Å². The highest BCUT2D eigenvalue weighted by atomic mass is 16.6. The van der Waals surface area contributed by atoms with Gasteiger partial charge < -0.3 is 33.7 Å². The first kappa shape index (κ1) is 54.8. The van der Waals surface area contributed by atoms with Crippen LogP contribution in [0.4, 0.5) is 0 Å². The van der Waals surface area contributed by atoms with Crippen LogP contribution in [0.15, 0.2) is 0 Å². The highest BCUT2D eigenvalue weighted by molar-refractivity contribution is 5.72. The van der Waals surface area contributed by atoms with Crippen molar-refractivity contribution in [1.82, 2.24) is 5.32 Å². The Balaban J connectivity index is 4.71. The molecule has 0 amide bonds. The van der Waals surface area contributed by atoms with Crippen molar-refractivity contribution in [3.05, 3.63) is 0 Å². The molecule has 0 aromatic rings. The van der Waals surface area contributed by atoms with E-state index >= 15 is 0 Å². The molecular formula is C45H81NO12. The lowest BCUT2D eigenvalue weighted by molar-refractivity contribution is -0.167. The fourth-order valence-electron chi connectivity index (χ4n) is 5.91. The second-order valence-corrected chi connectivity index (χ2v) is 15.2. The molecule has 0 aliphatic heterocycles. The molecule has 58 heavy (non-hydrogen) atoms. The predicted molar refractivity (Wildman–Crippen MR) is 224 cm³/mol. The first-order chi connectivity index (χ1) is 28.1. The summed E-state index contributed by atoms with van der Waals surface area (Å²) in [6.45, 7) is 8.74. The molecule has 0 radical (unpaired) electrons. The Bertz CT molecular complexity index is 1040. The average Bonchev–Trinajstić information content (AvgIpc) is 3.20. The van der Waals surface area contributed by atoms with Crippen molar-refractivity contribution in [1.29, 1.82) is 0 Å². The number of hydrogen-bond acceptors (Lipinski definition) is 13. The lowest BCUT2D eigenvalue weighted by atomic mass is 10.1.